The van der Waals surface area contributed by atoms with Gasteiger partial charge in [0.1, 0.15) is 0 Å². The lowest BCUT2D eigenvalue weighted by Crippen LogP contribution is -2.36. The summed E-state index contributed by atoms with van der Waals surface area (Å²) >= 11 is 3.39. The van der Waals surface area contributed by atoms with Crippen LogP contribution in [0.4, 0.5) is 0 Å². The van der Waals surface area contributed by atoms with Crippen molar-refractivity contribution in [3.05, 3.63) is 33.8 Å². The lowest BCUT2D eigenvalue weighted by Gasteiger charge is -2.12. The first kappa shape index (κ1) is 12.1. The molecule has 2 amide bonds. The lowest BCUT2D eigenvalue weighted by molar-refractivity contribution is -0.119. The molecule has 2 rings (SSSR count). The molecule has 1 fully saturated rings. The predicted octanol–water partition coefficient (Wildman–Crippen LogP) is 1.38. The highest BCUT2D eigenvalue weighted by molar-refractivity contribution is 9.10. The van der Waals surface area contributed by atoms with Crippen molar-refractivity contribution in [2.24, 2.45) is 0 Å². The van der Waals surface area contributed by atoms with Gasteiger partial charge in [-0.2, -0.15) is 0 Å². The van der Waals surface area contributed by atoms with Gasteiger partial charge in [-0.25, -0.2) is 0 Å². The predicted molar refractivity (Wildman–Crippen MR) is 67.8 cm³/mol. The van der Waals surface area contributed by atoms with Gasteiger partial charge < -0.3 is 10.6 Å². The van der Waals surface area contributed by atoms with Gasteiger partial charge in [-0.3, -0.25) is 9.59 Å². The third-order valence-electron chi connectivity index (χ3n) is 2.82. The summed E-state index contributed by atoms with van der Waals surface area (Å²) in [7, 11) is 0. The van der Waals surface area contributed by atoms with E-state index in [0.29, 0.717) is 18.5 Å². The molecule has 1 saturated heterocycles. The summed E-state index contributed by atoms with van der Waals surface area (Å²) in [6.07, 6.45) is 0.360. The van der Waals surface area contributed by atoms with Crippen LogP contribution in [-0.4, -0.2) is 24.4 Å². The zero-order chi connectivity index (χ0) is 12.4. The molecule has 17 heavy (non-hydrogen) atoms. The summed E-state index contributed by atoms with van der Waals surface area (Å²) in [4.78, 5) is 23.0. The highest BCUT2D eigenvalue weighted by Gasteiger charge is 2.23. The Morgan fingerprint density at radius 2 is 2.29 bits per heavy atom. The van der Waals surface area contributed by atoms with Gasteiger partial charge in [0.15, 0.2) is 0 Å². The minimum atomic E-state index is -0.134. The van der Waals surface area contributed by atoms with Crippen LogP contribution in [0.15, 0.2) is 22.7 Å². The Bertz CT molecular complexity index is 474. The van der Waals surface area contributed by atoms with E-state index in [4.69, 9.17) is 0 Å². The fourth-order valence-corrected chi connectivity index (χ4v) is 2.19. The molecule has 90 valence electrons. The Morgan fingerprint density at radius 3 is 2.94 bits per heavy atom. The van der Waals surface area contributed by atoms with Crippen molar-refractivity contribution in [2.75, 3.05) is 6.54 Å². The van der Waals surface area contributed by atoms with Crippen molar-refractivity contribution in [3.63, 3.8) is 0 Å². The van der Waals surface area contributed by atoms with Gasteiger partial charge in [0.2, 0.25) is 5.91 Å². The number of amides is 2. The van der Waals surface area contributed by atoms with E-state index in [1.54, 1.807) is 6.07 Å². The molecule has 0 radical (unpaired) electrons. The Balaban J connectivity index is 2.09. The minimum absolute atomic E-state index is 0.0127. The van der Waals surface area contributed by atoms with Crippen LogP contribution < -0.4 is 10.6 Å². The zero-order valence-electron chi connectivity index (χ0n) is 9.42. The van der Waals surface area contributed by atoms with Crippen molar-refractivity contribution >= 4 is 27.7 Å². The molecule has 1 aromatic carbocycles. The molecule has 1 aliphatic rings. The van der Waals surface area contributed by atoms with E-state index < -0.39 is 0 Å². The number of carbonyl (C=O) groups is 2. The number of carbonyl (C=O) groups excluding carboxylic acids is 2. The fourth-order valence-electron chi connectivity index (χ4n) is 1.82. The molecule has 1 unspecified atom stereocenters. The topological polar surface area (TPSA) is 58.2 Å². The third-order valence-corrected chi connectivity index (χ3v) is 3.68. The van der Waals surface area contributed by atoms with Gasteiger partial charge in [0.25, 0.3) is 5.91 Å². The second-order valence-electron chi connectivity index (χ2n) is 4.09. The van der Waals surface area contributed by atoms with Gasteiger partial charge in [-0.1, -0.05) is 22.0 Å². The summed E-state index contributed by atoms with van der Waals surface area (Å²) in [6.45, 7) is 2.40. The Hall–Kier alpha value is -1.36. The molecular weight excluding hydrogens is 284 g/mol. The maximum atomic E-state index is 12.0. The van der Waals surface area contributed by atoms with Crippen molar-refractivity contribution in [1.29, 1.82) is 0 Å². The van der Waals surface area contributed by atoms with Gasteiger partial charge in [-0.05, 0) is 24.6 Å². The average molecular weight is 297 g/mol. The molecule has 0 spiro atoms. The molecule has 1 aliphatic heterocycles. The summed E-state index contributed by atoms with van der Waals surface area (Å²) in [5.74, 6) is -0.147. The molecule has 1 atom stereocenters. The van der Waals surface area contributed by atoms with Crippen molar-refractivity contribution in [3.8, 4) is 0 Å². The highest BCUT2D eigenvalue weighted by Crippen LogP contribution is 2.19. The SMILES string of the molecule is Cc1c(Br)cccc1C(=O)NC1CNC(=O)C1. The normalized spacial score (nSPS) is 18.9. The monoisotopic (exact) mass is 296 g/mol. The van der Waals surface area contributed by atoms with Crippen molar-refractivity contribution in [2.45, 2.75) is 19.4 Å². The number of benzene rings is 1. The van der Waals surface area contributed by atoms with Crippen molar-refractivity contribution in [1.82, 2.24) is 10.6 Å². The number of hydrogen-bond acceptors (Lipinski definition) is 2. The van der Waals surface area contributed by atoms with E-state index in [-0.39, 0.29) is 17.9 Å². The fraction of sp³-hybridized carbons (Fsp3) is 0.333. The quantitative estimate of drug-likeness (QED) is 0.866. The smallest absolute Gasteiger partial charge is 0.251 e. The van der Waals surface area contributed by atoms with Gasteiger partial charge in [0.05, 0.1) is 6.04 Å². The molecule has 0 bridgehead atoms. The summed E-state index contributed by atoms with van der Waals surface area (Å²) < 4.78 is 0.908. The average Bonchev–Trinajstić information content (AvgIpc) is 2.68. The van der Waals surface area contributed by atoms with Crippen LogP contribution in [0.25, 0.3) is 0 Å². The van der Waals surface area contributed by atoms with E-state index in [0.717, 1.165) is 10.0 Å². The minimum Gasteiger partial charge on any atom is -0.354 e. The lowest BCUT2D eigenvalue weighted by atomic mass is 10.1. The zero-order valence-corrected chi connectivity index (χ0v) is 11.0. The second-order valence-corrected chi connectivity index (χ2v) is 4.95. The molecule has 1 heterocycles. The van der Waals surface area contributed by atoms with E-state index in [1.807, 2.05) is 19.1 Å². The molecular formula is C12H13BrN2O2. The molecule has 5 heteroatoms. The van der Waals surface area contributed by atoms with Crippen LogP contribution in [-0.2, 0) is 4.79 Å². The van der Waals surface area contributed by atoms with Crippen LogP contribution >= 0.6 is 15.9 Å². The van der Waals surface area contributed by atoms with E-state index in [9.17, 15) is 9.59 Å². The Labute approximate surface area is 108 Å². The number of hydrogen-bond donors (Lipinski definition) is 2. The third kappa shape index (κ3) is 2.66. The van der Waals surface area contributed by atoms with Gasteiger partial charge in [-0.15, -0.1) is 0 Å². The molecule has 1 aromatic rings. The van der Waals surface area contributed by atoms with Crippen LogP contribution in [0, 0.1) is 6.92 Å². The molecule has 4 nitrogen and oxygen atoms in total. The van der Waals surface area contributed by atoms with E-state index >= 15 is 0 Å². The summed E-state index contributed by atoms with van der Waals surface area (Å²) in [5.41, 5.74) is 1.54. The maximum absolute atomic E-state index is 12.0. The standard InChI is InChI=1S/C12H13BrN2O2/c1-7-9(3-2-4-10(7)13)12(17)15-8-5-11(16)14-6-8/h2-4,8H,5-6H2,1H3,(H,14,16)(H,15,17). The van der Waals surface area contributed by atoms with Crippen LogP contribution in [0.5, 0.6) is 0 Å². The van der Waals surface area contributed by atoms with Crippen LogP contribution in [0.1, 0.15) is 22.3 Å². The van der Waals surface area contributed by atoms with Crippen LogP contribution in [0.3, 0.4) is 0 Å². The summed E-state index contributed by atoms with van der Waals surface area (Å²) in [5, 5.41) is 5.54. The van der Waals surface area contributed by atoms with Crippen LogP contribution in [0.2, 0.25) is 0 Å². The number of rotatable bonds is 2. The van der Waals surface area contributed by atoms with E-state index in [1.165, 1.54) is 0 Å². The maximum Gasteiger partial charge on any atom is 0.251 e. The number of halogens is 1. The Morgan fingerprint density at radius 1 is 1.53 bits per heavy atom. The number of nitrogens with one attached hydrogen (secondary N) is 2. The van der Waals surface area contributed by atoms with E-state index in [2.05, 4.69) is 26.6 Å². The first-order chi connectivity index (χ1) is 8.08. The first-order valence-electron chi connectivity index (χ1n) is 5.40. The molecule has 2 N–H and O–H groups in total. The largest absolute Gasteiger partial charge is 0.354 e. The van der Waals surface area contributed by atoms with Gasteiger partial charge >= 0.3 is 0 Å². The molecule has 0 aromatic heterocycles. The van der Waals surface area contributed by atoms with Gasteiger partial charge in [0, 0.05) is 23.0 Å². The Kier molecular flexibility index (Phi) is 3.47. The second kappa shape index (κ2) is 4.87. The highest BCUT2D eigenvalue weighted by atomic mass is 79.9. The molecule has 0 aliphatic carbocycles. The first-order valence-corrected chi connectivity index (χ1v) is 6.20. The molecule has 0 saturated carbocycles. The van der Waals surface area contributed by atoms with Crippen molar-refractivity contribution < 1.29 is 9.59 Å². The summed E-state index contributed by atoms with van der Waals surface area (Å²) in [6, 6.07) is 5.39.